The second kappa shape index (κ2) is 4.29. The third-order valence-corrected chi connectivity index (χ3v) is 2.48. The van der Waals surface area contributed by atoms with E-state index in [0.717, 1.165) is 22.2 Å². The summed E-state index contributed by atoms with van der Waals surface area (Å²) in [6.45, 7) is 0. The maximum atomic E-state index is 8.47. The van der Waals surface area contributed by atoms with Gasteiger partial charge in [0.15, 0.2) is 0 Å². The molecule has 0 aliphatic heterocycles. The zero-order valence-electron chi connectivity index (χ0n) is 7.43. The molecule has 0 saturated heterocycles. The van der Waals surface area contributed by atoms with Crippen LogP contribution in [0.4, 0.5) is 0 Å². The second-order valence-corrected chi connectivity index (χ2v) is 3.86. The van der Waals surface area contributed by atoms with Crippen LogP contribution < -0.4 is 0 Å². The first-order valence-electron chi connectivity index (χ1n) is 4.01. The van der Waals surface area contributed by atoms with Gasteiger partial charge in [0.25, 0.3) is 4.84 Å². The van der Waals surface area contributed by atoms with E-state index in [2.05, 4.69) is 10.2 Å². The lowest BCUT2D eigenvalue weighted by Crippen LogP contribution is -1.77. The molecule has 4 nitrogen and oxygen atoms in total. The molecule has 1 N–H and O–H groups in total. The first kappa shape index (κ1) is 9.96. The molecule has 74 valence electrons. The number of H-pyrrole nitrogens is 1. The predicted octanol–water partition coefficient (Wildman–Crippen LogP) is 2.97. The Morgan fingerprint density at radius 1 is 1.40 bits per heavy atom. The molecule has 1 aromatic heterocycles. The van der Waals surface area contributed by atoms with Crippen LogP contribution in [0.5, 0.6) is 0 Å². The fraction of sp³-hybridized carbons (Fsp3) is 0. The number of hydrogen-bond acceptors (Lipinski definition) is 5. The van der Waals surface area contributed by atoms with Gasteiger partial charge in [-0.05, 0) is 48.2 Å². The summed E-state index contributed by atoms with van der Waals surface area (Å²) in [6, 6.07) is 7.31. The number of rotatable bonds is 2. The first-order valence-corrected chi connectivity index (χ1v) is 5.24. The van der Waals surface area contributed by atoms with E-state index in [1.54, 1.807) is 0 Å². The highest BCUT2D eigenvalue weighted by Gasteiger charge is 2.03. The van der Waals surface area contributed by atoms with E-state index in [0.29, 0.717) is 5.89 Å². The monoisotopic (exact) mass is 235 g/mol. The number of nitriles is 1. The Bertz CT molecular complexity index is 550. The number of thioether (sulfide) groups is 1. The van der Waals surface area contributed by atoms with Crippen molar-refractivity contribution in [2.75, 3.05) is 0 Å². The van der Waals surface area contributed by atoms with Crippen LogP contribution in [-0.2, 0) is 0 Å². The largest absolute Gasteiger partial charge is 0.409 e. The molecule has 0 unspecified atom stereocenters. The third-order valence-electron chi connectivity index (χ3n) is 1.70. The second-order valence-electron chi connectivity index (χ2n) is 2.64. The van der Waals surface area contributed by atoms with Crippen LogP contribution in [0, 0.1) is 15.5 Å². The molecule has 6 heteroatoms. The van der Waals surface area contributed by atoms with Crippen molar-refractivity contribution in [3.8, 4) is 16.9 Å². The zero-order chi connectivity index (χ0) is 10.7. The average molecular weight is 235 g/mol. The van der Waals surface area contributed by atoms with Gasteiger partial charge in [-0.1, -0.05) is 0 Å². The van der Waals surface area contributed by atoms with Gasteiger partial charge >= 0.3 is 0 Å². The van der Waals surface area contributed by atoms with Gasteiger partial charge in [-0.15, -0.1) is 5.10 Å². The van der Waals surface area contributed by atoms with E-state index in [9.17, 15) is 0 Å². The molecule has 0 atom stereocenters. The van der Waals surface area contributed by atoms with Crippen molar-refractivity contribution in [1.82, 2.24) is 10.2 Å². The Morgan fingerprint density at radius 2 is 2.13 bits per heavy atom. The fourth-order valence-electron chi connectivity index (χ4n) is 1.07. The normalized spacial score (nSPS) is 9.80. The molecule has 2 rings (SSSR count). The van der Waals surface area contributed by atoms with E-state index in [1.807, 2.05) is 29.7 Å². The number of benzene rings is 1. The van der Waals surface area contributed by atoms with Gasteiger partial charge in [-0.2, -0.15) is 5.26 Å². The summed E-state index contributed by atoms with van der Waals surface area (Å²) in [7, 11) is 0. The maximum Gasteiger partial charge on any atom is 0.284 e. The Balaban J connectivity index is 2.32. The van der Waals surface area contributed by atoms with Gasteiger partial charge in [-0.25, -0.2) is 5.10 Å². The van der Waals surface area contributed by atoms with Crippen molar-refractivity contribution in [2.24, 2.45) is 0 Å². The molecule has 0 fully saturated rings. The molecule has 0 spiro atoms. The number of nitrogens with zero attached hydrogens (tertiary/aromatic N) is 2. The van der Waals surface area contributed by atoms with Crippen LogP contribution in [0.25, 0.3) is 11.5 Å². The Labute approximate surface area is 94.9 Å². The molecule has 0 aliphatic carbocycles. The summed E-state index contributed by atoms with van der Waals surface area (Å²) in [6.07, 6.45) is 0. The number of nitrogens with one attached hydrogen (secondary N) is 1. The van der Waals surface area contributed by atoms with Crippen LogP contribution in [0.15, 0.2) is 33.6 Å². The minimum atomic E-state index is 0.250. The van der Waals surface area contributed by atoms with Crippen molar-refractivity contribution >= 4 is 24.0 Å². The molecular formula is C9H5N3OS2. The van der Waals surface area contributed by atoms with Gasteiger partial charge in [0, 0.05) is 10.5 Å². The molecule has 15 heavy (non-hydrogen) atoms. The van der Waals surface area contributed by atoms with Crippen LogP contribution >= 0.6 is 24.0 Å². The summed E-state index contributed by atoms with van der Waals surface area (Å²) in [5.74, 6) is 0.452. The molecule has 0 saturated carbocycles. The van der Waals surface area contributed by atoms with Gasteiger partial charge in [0.2, 0.25) is 5.89 Å². The van der Waals surface area contributed by atoms with Crippen molar-refractivity contribution in [1.29, 1.82) is 5.26 Å². The molecule has 0 radical (unpaired) electrons. The van der Waals surface area contributed by atoms with Crippen molar-refractivity contribution < 1.29 is 4.42 Å². The van der Waals surface area contributed by atoms with Crippen molar-refractivity contribution in [3.05, 3.63) is 29.1 Å². The highest BCUT2D eigenvalue weighted by Crippen LogP contribution is 2.22. The average Bonchev–Trinajstić information content (AvgIpc) is 2.67. The summed E-state index contributed by atoms with van der Waals surface area (Å²) in [5, 5.41) is 16.9. The van der Waals surface area contributed by atoms with Gasteiger partial charge in [-0.3, -0.25) is 0 Å². The Hall–Kier alpha value is -1.58. The van der Waals surface area contributed by atoms with E-state index in [4.69, 9.17) is 21.9 Å². The van der Waals surface area contributed by atoms with Crippen LogP contribution in [0.3, 0.4) is 0 Å². The van der Waals surface area contributed by atoms with Crippen molar-refractivity contribution in [3.63, 3.8) is 0 Å². The van der Waals surface area contributed by atoms with E-state index >= 15 is 0 Å². The molecule has 0 aliphatic rings. The highest BCUT2D eigenvalue weighted by molar-refractivity contribution is 8.03. The molecule has 1 aromatic carbocycles. The maximum absolute atomic E-state index is 8.47. The molecule has 0 bridgehead atoms. The lowest BCUT2D eigenvalue weighted by atomic mass is 10.2. The lowest BCUT2D eigenvalue weighted by Gasteiger charge is -1.95. The smallest absolute Gasteiger partial charge is 0.284 e. The van der Waals surface area contributed by atoms with Crippen LogP contribution in [0.1, 0.15) is 0 Å². The Morgan fingerprint density at radius 3 is 2.67 bits per heavy atom. The zero-order valence-corrected chi connectivity index (χ0v) is 9.06. The highest BCUT2D eigenvalue weighted by atomic mass is 32.2. The minimum absolute atomic E-state index is 0.250. The molecule has 1 heterocycles. The van der Waals surface area contributed by atoms with Crippen LogP contribution in [-0.4, -0.2) is 10.2 Å². The quantitative estimate of drug-likeness (QED) is 0.492. The molecule has 0 amide bonds. The summed E-state index contributed by atoms with van der Waals surface area (Å²) >= 11 is 5.88. The van der Waals surface area contributed by atoms with Gasteiger partial charge in [0.1, 0.15) is 5.40 Å². The summed E-state index contributed by atoms with van der Waals surface area (Å²) in [5.41, 5.74) is 0.824. The van der Waals surface area contributed by atoms with Gasteiger partial charge < -0.3 is 4.42 Å². The first-order chi connectivity index (χ1) is 7.29. The standard InChI is InChI=1S/C9H5N3OS2/c10-5-15-7-3-1-6(2-4-7)8-11-12-9(14)13-8/h1-4H,(H,12,14). The molecule has 2 aromatic rings. The summed E-state index contributed by atoms with van der Waals surface area (Å²) < 4.78 is 5.15. The topological polar surface area (TPSA) is 65.6 Å². The SMILES string of the molecule is N#CSc1ccc(-c2n[nH]c(=S)o2)cc1. The van der Waals surface area contributed by atoms with Gasteiger partial charge in [0.05, 0.1) is 0 Å². The van der Waals surface area contributed by atoms with E-state index in [1.165, 1.54) is 0 Å². The Kier molecular flexibility index (Phi) is 2.85. The van der Waals surface area contributed by atoms with E-state index < -0.39 is 0 Å². The number of thiocyanates is 1. The van der Waals surface area contributed by atoms with Crippen LogP contribution in [0.2, 0.25) is 0 Å². The third kappa shape index (κ3) is 2.26. The predicted molar refractivity (Wildman–Crippen MR) is 58.6 cm³/mol. The summed E-state index contributed by atoms with van der Waals surface area (Å²) in [4.78, 5) is 1.14. The van der Waals surface area contributed by atoms with Crippen molar-refractivity contribution in [2.45, 2.75) is 4.90 Å². The molecular weight excluding hydrogens is 230 g/mol. The number of aromatic nitrogens is 2. The lowest BCUT2D eigenvalue weighted by molar-refractivity contribution is 0.552. The number of aromatic amines is 1. The minimum Gasteiger partial charge on any atom is -0.409 e. The number of hydrogen-bond donors (Lipinski definition) is 1. The van der Waals surface area contributed by atoms with E-state index in [-0.39, 0.29) is 4.84 Å². The fourth-order valence-corrected chi connectivity index (χ4v) is 1.57.